The van der Waals surface area contributed by atoms with E-state index in [4.69, 9.17) is 4.74 Å². The molecule has 1 rings (SSSR count). The van der Waals surface area contributed by atoms with Gasteiger partial charge in [-0.3, -0.25) is 9.69 Å². The molecule has 0 radical (unpaired) electrons. The number of rotatable bonds is 4. The van der Waals surface area contributed by atoms with Crippen molar-refractivity contribution in [2.75, 3.05) is 45.9 Å². The predicted octanol–water partition coefficient (Wildman–Crippen LogP) is 0.609. The summed E-state index contributed by atoms with van der Waals surface area (Å²) >= 11 is 0. The van der Waals surface area contributed by atoms with E-state index in [-0.39, 0.29) is 18.3 Å². The highest BCUT2D eigenvalue weighted by Crippen LogP contribution is 1.98. The number of ether oxygens (including phenoxy) is 1. The molecule has 5 heteroatoms. The molecule has 0 aromatic rings. The van der Waals surface area contributed by atoms with Crippen LogP contribution in [0.4, 0.5) is 0 Å². The van der Waals surface area contributed by atoms with E-state index in [0.29, 0.717) is 6.54 Å². The number of hydrogen-bond acceptors (Lipinski definition) is 3. The van der Waals surface area contributed by atoms with Crippen LogP contribution in [0, 0.1) is 0 Å². The van der Waals surface area contributed by atoms with Crippen LogP contribution in [0.2, 0.25) is 0 Å². The van der Waals surface area contributed by atoms with Gasteiger partial charge in [-0.15, -0.1) is 12.4 Å². The minimum absolute atomic E-state index is 0. The minimum Gasteiger partial charge on any atom is -0.379 e. The number of amides is 1. The number of carbonyl (C=O) groups is 1. The smallest absolute Gasteiger partial charge is 0.236 e. The van der Waals surface area contributed by atoms with Gasteiger partial charge in [0, 0.05) is 26.2 Å². The number of likely N-dealkylation sites (N-methyl/N-ethyl adjacent to an activating group) is 1. The fourth-order valence-electron chi connectivity index (χ4n) is 1.63. The molecule has 0 bridgehead atoms. The van der Waals surface area contributed by atoms with Crippen molar-refractivity contribution in [2.24, 2.45) is 0 Å². The first kappa shape index (κ1) is 14.7. The van der Waals surface area contributed by atoms with Gasteiger partial charge in [0.1, 0.15) is 0 Å². The van der Waals surface area contributed by atoms with Gasteiger partial charge in [0.05, 0.1) is 19.8 Å². The minimum atomic E-state index is 0. The van der Waals surface area contributed by atoms with E-state index in [1.54, 1.807) is 0 Å². The molecule has 1 saturated heterocycles. The quantitative estimate of drug-likeness (QED) is 0.717. The van der Waals surface area contributed by atoms with E-state index in [1.165, 1.54) is 0 Å². The Morgan fingerprint density at radius 2 is 1.80 bits per heavy atom. The normalized spacial score (nSPS) is 16.9. The summed E-state index contributed by atoms with van der Waals surface area (Å²) in [5.74, 6) is 0.233. The van der Waals surface area contributed by atoms with Crippen LogP contribution < -0.4 is 0 Å². The Kier molecular flexibility index (Phi) is 7.74. The van der Waals surface area contributed by atoms with E-state index >= 15 is 0 Å². The zero-order chi connectivity index (χ0) is 10.4. The van der Waals surface area contributed by atoms with E-state index in [2.05, 4.69) is 4.90 Å². The highest BCUT2D eigenvalue weighted by Gasteiger charge is 2.16. The zero-order valence-corrected chi connectivity index (χ0v) is 10.4. The van der Waals surface area contributed by atoms with Crippen LogP contribution in [0.3, 0.4) is 0 Å². The lowest BCUT2D eigenvalue weighted by atomic mass is 10.3. The summed E-state index contributed by atoms with van der Waals surface area (Å²) in [6.07, 6.45) is 0. The molecule has 1 amide bonds. The van der Waals surface area contributed by atoms with Crippen molar-refractivity contribution in [1.29, 1.82) is 0 Å². The third-order valence-electron chi connectivity index (χ3n) is 2.58. The average molecular weight is 237 g/mol. The third-order valence-corrected chi connectivity index (χ3v) is 2.58. The van der Waals surface area contributed by atoms with Crippen LogP contribution in [-0.2, 0) is 9.53 Å². The molecule has 0 spiro atoms. The van der Waals surface area contributed by atoms with Crippen molar-refractivity contribution in [1.82, 2.24) is 9.80 Å². The molecule has 0 N–H and O–H groups in total. The molecule has 4 nitrogen and oxygen atoms in total. The molecule has 0 aromatic heterocycles. The third kappa shape index (κ3) is 4.82. The van der Waals surface area contributed by atoms with Crippen LogP contribution in [0.15, 0.2) is 0 Å². The number of nitrogens with zero attached hydrogens (tertiary/aromatic N) is 2. The summed E-state index contributed by atoms with van der Waals surface area (Å²) < 4.78 is 5.23. The van der Waals surface area contributed by atoms with Crippen molar-refractivity contribution in [3.63, 3.8) is 0 Å². The van der Waals surface area contributed by atoms with Gasteiger partial charge in [-0.2, -0.15) is 0 Å². The maximum atomic E-state index is 11.7. The first-order valence-corrected chi connectivity index (χ1v) is 5.35. The molecular formula is C10H21ClN2O2. The Bertz CT molecular complexity index is 180. The Morgan fingerprint density at radius 3 is 2.27 bits per heavy atom. The van der Waals surface area contributed by atoms with E-state index in [9.17, 15) is 4.79 Å². The maximum absolute atomic E-state index is 11.7. The van der Waals surface area contributed by atoms with Crippen molar-refractivity contribution in [3.05, 3.63) is 0 Å². The first-order valence-electron chi connectivity index (χ1n) is 5.35. The Balaban J connectivity index is 0.00000196. The molecule has 0 aliphatic carbocycles. The second kappa shape index (κ2) is 7.91. The Morgan fingerprint density at radius 1 is 1.27 bits per heavy atom. The highest BCUT2D eigenvalue weighted by molar-refractivity contribution is 5.85. The largest absolute Gasteiger partial charge is 0.379 e. The van der Waals surface area contributed by atoms with Crippen molar-refractivity contribution in [3.8, 4) is 0 Å². The standard InChI is InChI=1S/C10H20N2O2.ClH/c1-3-12(4-2)10(13)9-11-5-7-14-8-6-11;/h3-9H2,1-2H3;1H. The molecule has 1 aliphatic rings. The fourth-order valence-corrected chi connectivity index (χ4v) is 1.63. The fraction of sp³-hybridized carbons (Fsp3) is 0.900. The van der Waals surface area contributed by atoms with Crippen LogP contribution in [-0.4, -0.2) is 61.6 Å². The maximum Gasteiger partial charge on any atom is 0.236 e. The van der Waals surface area contributed by atoms with Crippen molar-refractivity contribution in [2.45, 2.75) is 13.8 Å². The molecule has 1 fully saturated rings. The van der Waals surface area contributed by atoms with Gasteiger partial charge in [-0.05, 0) is 13.8 Å². The van der Waals surface area contributed by atoms with Crippen molar-refractivity contribution < 1.29 is 9.53 Å². The van der Waals surface area contributed by atoms with Gasteiger partial charge >= 0.3 is 0 Å². The lowest BCUT2D eigenvalue weighted by molar-refractivity contribution is -0.133. The average Bonchev–Trinajstić information content (AvgIpc) is 2.21. The monoisotopic (exact) mass is 236 g/mol. The Hall–Kier alpha value is -0.320. The summed E-state index contributed by atoms with van der Waals surface area (Å²) in [6, 6.07) is 0. The van der Waals surface area contributed by atoms with Gasteiger partial charge < -0.3 is 9.64 Å². The van der Waals surface area contributed by atoms with Gasteiger partial charge in [-0.1, -0.05) is 0 Å². The molecule has 90 valence electrons. The highest BCUT2D eigenvalue weighted by atomic mass is 35.5. The molecule has 1 aliphatic heterocycles. The second-order valence-electron chi connectivity index (χ2n) is 3.45. The molecule has 0 unspecified atom stereocenters. The Labute approximate surface area is 98.0 Å². The molecule has 0 aromatic carbocycles. The molecular weight excluding hydrogens is 216 g/mol. The van der Waals surface area contributed by atoms with E-state index in [1.807, 2.05) is 18.7 Å². The van der Waals surface area contributed by atoms with Crippen LogP contribution in [0.1, 0.15) is 13.8 Å². The topological polar surface area (TPSA) is 32.8 Å². The van der Waals surface area contributed by atoms with E-state index in [0.717, 1.165) is 39.4 Å². The van der Waals surface area contributed by atoms with Gasteiger partial charge in [0.15, 0.2) is 0 Å². The molecule has 15 heavy (non-hydrogen) atoms. The summed E-state index contributed by atoms with van der Waals surface area (Å²) in [5.41, 5.74) is 0. The number of morpholine rings is 1. The van der Waals surface area contributed by atoms with Gasteiger partial charge in [0.2, 0.25) is 5.91 Å². The number of hydrogen-bond donors (Lipinski definition) is 0. The second-order valence-corrected chi connectivity index (χ2v) is 3.45. The lowest BCUT2D eigenvalue weighted by Crippen LogP contribution is -2.44. The number of halogens is 1. The SMILES string of the molecule is CCN(CC)C(=O)CN1CCOCC1.Cl. The lowest BCUT2D eigenvalue weighted by Gasteiger charge is -2.28. The summed E-state index contributed by atoms with van der Waals surface area (Å²) in [7, 11) is 0. The van der Waals surface area contributed by atoms with Crippen LogP contribution >= 0.6 is 12.4 Å². The molecule has 0 saturated carbocycles. The first-order chi connectivity index (χ1) is 6.77. The van der Waals surface area contributed by atoms with E-state index < -0.39 is 0 Å². The molecule has 1 heterocycles. The zero-order valence-electron chi connectivity index (χ0n) is 9.57. The summed E-state index contributed by atoms with van der Waals surface area (Å²) in [4.78, 5) is 15.7. The summed E-state index contributed by atoms with van der Waals surface area (Å²) in [5, 5.41) is 0. The summed E-state index contributed by atoms with van der Waals surface area (Å²) in [6.45, 7) is 9.46. The van der Waals surface area contributed by atoms with Crippen molar-refractivity contribution >= 4 is 18.3 Å². The number of carbonyl (C=O) groups excluding carboxylic acids is 1. The van der Waals surface area contributed by atoms with Crippen LogP contribution in [0.5, 0.6) is 0 Å². The van der Waals surface area contributed by atoms with Crippen LogP contribution in [0.25, 0.3) is 0 Å². The predicted molar refractivity (Wildman–Crippen MR) is 62.4 cm³/mol. The van der Waals surface area contributed by atoms with Gasteiger partial charge in [0.25, 0.3) is 0 Å². The molecule has 0 atom stereocenters. The van der Waals surface area contributed by atoms with Gasteiger partial charge in [-0.25, -0.2) is 0 Å².